The van der Waals surface area contributed by atoms with Crippen LogP contribution in [0.15, 0.2) is 24.3 Å². The van der Waals surface area contributed by atoms with E-state index in [9.17, 15) is 0 Å². The Hall–Kier alpha value is -2.80. The molecule has 1 atom stereocenters. The zero-order valence-corrected chi connectivity index (χ0v) is 14.5. The number of allylic oxidation sites excluding steroid dienone is 4. The summed E-state index contributed by atoms with van der Waals surface area (Å²) in [7, 11) is 0. The van der Waals surface area contributed by atoms with E-state index in [1.807, 2.05) is 12.2 Å². The van der Waals surface area contributed by atoms with Crippen LogP contribution < -0.4 is 0 Å². The number of unbranched alkanes of at least 4 members (excludes halogenated alkanes) is 5. The van der Waals surface area contributed by atoms with E-state index in [1.165, 1.54) is 0 Å². The highest BCUT2D eigenvalue weighted by Crippen LogP contribution is 2.01. The molecule has 0 aromatic carbocycles. The minimum Gasteiger partial charge on any atom is -0.393 e. The molecule has 0 heterocycles. The van der Waals surface area contributed by atoms with E-state index in [4.69, 9.17) is 16.6 Å². The molecular weight excluding hydrogens is 308 g/mol. The summed E-state index contributed by atoms with van der Waals surface area (Å²) < 4.78 is 0. The summed E-state index contributed by atoms with van der Waals surface area (Å²) in [5, 5.41) is 17.5. The molecule has 0 unspecified atom stereocenters. The molecule has 0 aliphatic carbocycles. The van der Waals surface area contributed by atoms with Gasteiger partial charge in [0.25, 0.3) is 0 Å². The predicted molar refractivity (Wildman–Crippen MR) is 104 cm³/mol. The molecule has 0 aromatic heterocycles. The van der Waals surface area contributed by atoms with Crippen LogP contribution >= 0.6 is 0 Å². The molecule has 2 nitrogen and oxygen atoms in total. The first-order chi connectivity index (χ1) is 12.3. The van der Waals surface area contributed by atoms with Crippen LogP contribution in [0.2, 0.25) is 0 Å². The predicted octanol–water partition coefficient (Wildman–Crippen LogP) is 2.83. The number of hydrogen-bond donors (Lipinski definition) is 2. The number of aliphatic hydroxyl groups excluding tert-OH is 2. The average molecular weight is 332 g/mol. The Bertz CT molecular complexity index is 689. The fraction of sp³-hybridized carbons (Fsp3) is 0.391. The van der Waals surface area contributed by atoms with Crippen molar-refractivity contribution in [2.45, 2.75) is 51.0 Å². The Morgan fingerprint density at radius 1 is 0.840 bits per heavy atom. The second-order valence-electron chi connectivity index (χ2n) is 4.95. The van der Waals surface area contributed by atoms with Crippen molar-refractivity contribution in [1.29, 1.82) is 0 Å². The first kappa shape index (κ1) is 22.2. The summed E-state index contributed by atoms with van der Waals surface area (Å²) in [6.45, 7) is -0.370. The Morgan fingerprint density at radius 3 is 2.12 bits per heavy atom. The quantitative estimate of drug-likeness (QED) is 0.530. The van der Waals surface area contributed by atoms with Crippen LogP contribution in [0.1, 0.15) is 44.9 Å². The molecule has 0 aliphatic heterocycles. The lowest BCUT2D eigenvalue weighted by Crippen LogP contribution is -2.07. The molecule has 0 rings (SSSR count). The molecular formula is C23H24O2. The lowest BCUT2D eigenvalue weighted by molar-refractivity contribution is 0.138. The van der Waals surface area contributed by atoms with Crippen LogP contribution in [0, 0.1) is 59.7 Å². The summed E-state index contributed by atoms with van der Waals surface area (Å²) in [5.74, 6) is 24.3. The maximum Gasteiger partial charge on any atom is 0.138 e. The van der Waals surface area contributed by atoms with E-state index in [0.717, 1.165) is 38.5 Å². The number of rotatable bonds is 8. The third kappa shape index (κ3) is 19.2. The average Bonchev–Trinajstić information content (AvgIpc) is 2.63. The molecule has 25 heavy (non-hydrogen) atoms. The van der Waals surface area contributed by atoms with Gasteiger partial charge < -0.3 is 10.2 Å². The van der Waals surface area contributed by atoms with E-state index in [2.05, 4.69) is 59.4 Å². The van der Waals surface area contributed by atoms with Gasteiger partial charge in [0.2, 0.25) is 0 Å². The smallest absolute Gasteiger partial charge is 0.138 e. The van der Waals surface area contributed by atoms with Gasteiger partial charge in [-0.25, -0.2) is 0 Å². The topological polar surface area (TPSA) is 40.5 Å². The molecule has 0 amide bonds. The Kier molecular flexibility index (Phi) is 17.1. The van der Waals surface area contributed by atoms with Crippen molar-refractivity contribution in [3.8, 4) is 59.7 Å². The van der Waals surface area contributed by atoms with E-state index < -0.39 is 6.10 Å². The monoisotopic (exact) mass is 332 g/mol. The third-order valence-corrected chi connectivity index (χ3v) is 2.80. The SMILES string of the molecule is C#CC=CCCCCC=CC#CC#CCCCC#CC#C[C@@H](O)CO. The Morgan fingerprint density at radius 2 is 1.48 bits per heavy atom. The lowest BCUT2D eigenvalue weighted by atomic mass is 10.2. The van der Waals surface area contributed by atoms with Gasteiger partial charge in [-0.2, -0.15) is 0 Å². The van der Waals surface area contributed by atoms with Gasteiger partial charge in [-0.15, -0.1) is 6.42 Å². The van der Waals surface area contributed by atoms with Gasteiger partial charge in [0, 0.05) is 12.8 Å². The van der Waals surface area contributed by atoms with Crippen molar-refractivity contribution in [1.82, 2.24) is 0 Å². The van der Waals surface area contributed by atoms with E-state index in [0.29, 0.717) is 6.42 Å². The van der Waals surface area contributed by atoms with Crippen LogP contribution in [-0.2, 0) is 0 Å². The van der Waals surface area contributed by atoms with Gasteiger partial charge in [-0.05, 0) is 67.9 Å². The van der Waals surface area contributed by atoms with E-state index in [1.54, 1.807) is 6.08 Å². The first-order valence-corrected chi connectivity index (χ1v) is 8.33. The summed E-state index contributed by atoms with van der Waals surface area (Å²) in [5.41, 5.74) is 0. The van der Waals surface area contributed by atoms with Crippen LogP contribution in [0.5, 0.6) is 0 Å². The molecule has 128 valence electrons. The van der Waals surface area contributed by atoms with Gasteiger partial charge in [0.15, 0.2) is 0 Å². The van der Waals surface area contributed by atoms with Crippen molar-refractivity contribution in [3.63, 3.8) is 0 Å². The third-order valence-electron chi connectivity index (χ3n) is 2.80. The fourth-order valence-electron chi connectivity index (χ4n) is 1.54. The van der Waals surface area contributed by atoms with Crippen LogP contribution in [0.3, 0.4) is 0 Å². The van der Waals surface area contributed by atoms with E-state index in [-0.39, 0.29) is 6.61 Å². The van der Waals surface area contributed by atoms with Crippen molar-refractivity contribution in [3.05, 3.63) is 24.3 Å². The molecule has 0 aromatic rings. The van der Waals surface area contributed by atoms with Gasteiger partial charge in [-0.3, -0.25) is 0 Å². The Balaban J connectivity index is 3.68. The lowest BCUT2D eigenvalue weighted by Gasteiger charge is -1.90. The largest absolute Gasteiger partial charge is 0.393 e. The molecule has 0 saturated carbocycles. The van der Waals surface area contributed by atoms with Gasteiger partial charge in [0.05, 0.1) is 6.61 Å². The molecule has 0 aliphatic rings. The van der Waals surface area contributed by atoms with E-state index >= 15 is 0 Å². The van der Waals surface area contributed by atoms with Crippen LogP contribution in [0.4, 0.5) is 0 Å². The maximum absolute atomic E-state index is 8.97. The second kappa shape index (κ2) is 19.2. The zero-order valence-electron chi connectivity index (χ0n) is 14.5. The molecule has 2 N–H and O–H groups in total. The highest BCUT2D eigenvalue weighted by atomic mass is 16.3. The van der Waals surface area contributed by atoms with Crippen molar-refractivity contribution < 1.29 is 10.2 Å². The molecule has 0 bridgehead atoms. The standard InChI is InChI=1S/C23H24O2/c1-2-3-4-5-6-7-8-9-10-11-12-13-14-15-16-17-18-19-20-21-23(25)22-24/h1,3-4,9-10,23-25H,5-8,15-17,22H2/t23-/m1/s1. The zero-order chi connectivity index (χ0) is 18.4. The summed E-state index contributed by atoms with van der Waals surface area (Å²) in [6.07, 6.45) is 18.4. The maximum atomic E-state index is 8.97. The first-order valence-electron chi connectivity index (χ1n) is 8.33. The summed E-state index contributed by atoms with van der Waals surface area (Å²) in [6, 6.07) is 0. The number of hydrogen-bond acceptors (Lipinski definition) is 2. The minimum absolute atomic E-state index is 0.370. The van der Waals surface area contributed by atoms with Crippen LogP contribution in [0.25, 0.3) is 0 Å². The molecule has 0 spiro atoms. The molecule has 0 fully saturated rings. The highest BCUT2D eigenvalue weighted by Gasteiger charge is 1.90. The van der Waals surface area contributed by atoms with Crippen molar-refractivity contribution in [2.75, 3.05) is 6.61 Å². The summed E-state index contributed by atoms with van der Waals surface area (Å²) in [4.78, 5) is 0. The number of aliphatic hydroxyl groups is 2. The van der Waals surface area contributed by atoms with Gasteiger partial charge >= 0.3 is 0 Å². The highest BCUT2D eigenvalue weighted by molar-refractivity contribution is 5.31. The molecule has 0 radical (unpaired) electrons. The fourth-order valence-corrected chi connectivity index (χ4v) is 1.54. The summed E-state index contributed by atoms with van der Waals surface area (Å²) >= 11 is 0. The Labute approximate surface area is 152 Å². The second-order valence-corrected chi connectivity index (χ2v) is 4.95. The van der Waals surface area contributed by atoms with Crippen molar-refractivity contribution >= 4 is 0 Å². The van der Waals surface area contributed by atoms with Crippen molar-refractivity contribution in [2.24, 2.45) is 0 Å². The number of terminal acetylenes is 1. The molecule has 0 saturated heterocycles. The normalized spacial score (nSPS) is 10.3. The molecule has 2 heteroatoms. The van der Waals surface area contributed by atoms with Gasteiger partial charge in [0.1, 0.15) is 6.10 Å². The van der Waals surface area contributed by atoms with Crippen LogP contribution in [-0.4, -0.2) is 22.9 Å². The van der Waals surface area contributed by atoms with Gasteiger partial charge in [-0.1, -0.05) is 41.8 Å². The minimum atomic E-state index is -1.01.